The van der Waals surface area contributed by atoms with Crippen LogP contribution in [0.3, 0.4) is 0 Å². The Hall–Kier alpha value is -2.21. The molecule has 4 atom stereocenters. The van der Waals surface area contributed by atoms with Crippen LogP contribution in [0.1, 0.15) is 49.3 Å². The van der Waals surface area contributed by atoms with Crippen molar-refractivity contribution in [2.45, 2.75) is 58.0 Å². The lowest BCUT2D eigenvalue weighted by Crippen LogP contribution is -2.54. The molecule has 0 bridgehead atoms. The molecule has 1 aromatic rings. The van der Waals surface area contributed by atoms with E-state index in [-0.39, 0.29) is 23.8 Å². The number of aryl methyl sites for hydroxylation is 1. The molecule has 3 amide bonds. The van der Waals surface area contributed by atoms with Gasteiger partial charge in [0.2, 0.25) is 17.7 Å². The van der Waals surface area contributed by atoms with Crippen LogP contribution in [0.2, 0.25) is 0 Å². The van der Waals surface area contributed by atoms with Crippen LogP contribution in [0.25, 0.3) is 0 Å². The maximum Gasteiger partial charge on any atom is 0.250 e. The summed E-state index contributed by atoms with van der Waals surface area (Å²) in [6, 6.07) is 4.01. The zero-order chi connectivity index (χ0) is 19.8. The predicted molar refractivity (Wildman–Crippen MR) is 105 cm³/mol. The molecule has 0 aromatic heterocycles. The summed E-state index contributed by atoms with van der Waals surface area (Å²) in [5.74, 6) is -1.36. The number of benzene rings is 1. The fraction of sp³-hybridized carbons (Fsp3) is 0.591. The van der Waals surface area contributed by atoms with Crippen LogP contribution in [0.4, 0.5) is 5.69 Å². The summed E-state index contributed by atoms with van der Waals surface area (Å²) in [4.78, 5) is 43.9. The maximum atomic E-state index is 13.5. The molecule has 0 radical (unpaired) electrons. The molecule has 28 heavy (non-hydrogen) atoms. The van der Waals surface area contributed by atoms with Crippen molar-refractivity contribution in [1.82, 2.24) is 9.80 Å². The quantitative estimate of drug-likeness (QED) is 0.816. The van der Waals surface area contributed by atoms with Gasteiger partial charge in [-0.2, -0.15) is 0 Å². The molecule has 0 saturated carbocycles. The van der Waals surface area contributed by atoms with Gasteiger partial charge in [0.05, 0.1) is 11.8 Å². The van der Waals surface area contributed by atoms with Crippen LogP contribution in [0.15, 0.2) is 12.1 Å². The number of unbranched alkanes of at least 4 members (excludes halogenated alkanes) is 1. The molecule has 4 aliphatic rings. The normalized spacial score (nSPS) is 33.6. The van der Waals surface area contributed by atoms with Crippen LogP contribution in [0, 0.1) is 25.7 Å². The molecule has 4 aliphatic heterocycles. The van der Waals surface area contributed by atoms with Gasteiger partial charge in [0, 0.05) is 23.8 Å². The summed E-state index contributed by atoms with van der Waals surface area (Å²) in [7, 11) is 0. The lowest BCUT2D eigenvalue weighted by molar-refractivity contribution is -0.145. The summed E-state index contributed by atoms with van der Waals surface area (Å²) in [5, 5.41) is 3.10. The predicted octanol–water partition coefficient (Wildman–Crippen LogP) is 2.33. The Bertz CT molecular complexity index is 911. The molecule has 1 N–H and O–H groups in total. The molecule has 5 rings (SSSR count). The Morgan fingerprint density at radius 3 is 2.71 bits per heavy atom. The van der Waals surface area contributed by atoms with Gasteiger partial charge in [-0.3, -0.25) is 24.2 Å². The number of nitrogens with one attached hydrogen (secondary N) is 1. The maximum absolute atomic E-state index is 13.5. The Kier molecular flexibility index (Phi) is 3.76. The van der Waals surface area contributed by atoms with Crippen LogP contribution < -0.4 is 5.32 Å². The van der Waals surface area contributed by atoms with Crippen LogP contribution in [-0.2, 0) is 19.9 Å². The van der Waals surface area contributed by atoms with E-state index in [1.165, 1.54) is 4.90 Å². The molecule has 0 aliphatic carbocycles. The van der Waals surface area contributed by atoms with E-state index in [0.29, 0.717) is 6.54 Å². The van der Waals surface area contributed by atoms with Gasteiger partial charge in [0.25, 0.3) is 0 Å². The van der Waals surface area contributed by atoms with Crippen molar-refractivity contribution in [3.05, 3.63) is 28.8 Å². The molecule has 4 heterocycles. The lowest BCUT2D eigenvalue weighted by Gasteiger charge is -2.36. The fourth-order valence-corrected chi connectivity index (χ4v) is 6.12. The van der Waals surface area contributed by atoms with Gasteiger partial charge >= 0.3 is 0 Å². The number of imide groups is 1. The Balaban J connectivity index is 1.70. The first-order chi connectivity index (χ1) is 13.4. The fourth-order valence-electron chi connectivity index (χ4n) is 6.12. The zero-order valence-corrected chi connectivity index (χ0v) is 16.7. The number of anilines is 1. The second-order valence-electron chi connectivity index (χ2n) is 8.74. The van der Waals surface area contributed by atoms with E-state index in [1.807, 2.05) is 26.0 Å². The number of nitrogens with zero attached hydrogens (tertiary/aromatic N) is 2. The Morgan fingerprint density at radius 2 is 1.96 bits per heavy atom. The summed E-state index contributed by atoms with van der Waals surface area (Å²) in [5.41, 5.74) is 2.85. The van der Waals surface area contributed by atoms with Crippen molar-refractivity contribution in [2.75, 3.05) is 18.4 Å². The number of carbonyl (C=O) groups is 3. The molecule has 6 heteroatoms. The molecular formula is C22H27N3O3. The molecule has 148 valence electrons. The van der Waals surface area contributed by atoms with Gasteiger partial charge in [0.1, 0.15) is 5.54 Å². The van der Waals surface area contributed by atoms with Crippen molar-refractivity contribution in [3.8, 4) is 0 Å². The van der Waals surface area contributed by atoms with E-state index in [2.05, 4.69) is 17.1 Å². The highest BCUT2D eigenvalue weighted by Crippen LogP contribution is 2.60. The summed E-state index contributed by atoms with van der Waals surface area (Å²) >= 11 is 0. The van der Waals surface area contributed by atoms with E-state index < -0.39 is 17.4 Å². The third-order valence-electron chi connectivity index (χ3n) is 7.53. The second-order valence-corrected chi connectivity index (χ2v) is 8.74. The van der Waals surface area contributed by atoms with E-state index in [9.17, 15) is 14.4 Å². The first-order valence-corrected chi connectivity index (χ1v) is 10.5. The van der Waals surface area contributed by atoms with Gasteiger partial charge in [-0.05, 0) is 50.8 Å². The number of amides is 3. The number of hydrogen-bond donors (Lipinski definition) is 1. The van der Waals surface area contributed by atoms with Crippen LogP contribution in [0.5, 0.6) is 0 Å². The van der Waals surface area contributed by atoms with Crippen LogP contribution >= 0.6 is 0 Å². The average molecular weight is 381 g/mol. The first-order valence-electron chi connectivity index (χ1n) is 10.5. The number of carbonyl (C=O) groups excluding carboxylic acids is 3. The van der Waals surface area contributed by atoms with Gasteiger partial charge < -0.3 is 5.32 Å². The summed E-state index contributed by atoms with van der Waals surface area (Å²) in [6.45, 7) is 7.31. The summed E-state index contributed by atoms with van der Waals surface area (Å²) < 4.78 is 0. The molecule has 1 aromatic carbocycles. The number of rotatable bonds is 3. The highest BCUT2D eigenvalue weighted by Gasteiger charge is 2.74. The monoisotopic (exact) mass is 381 g/mol. The third kappa shape index (κ3) is 1.89. The van der Waals surface area contributed by atoms with Crippen molar-refractivity contribution < 1.29 is 14.4 Å². The Labute approximate surface area is 165 Å². The van der Waals surface area contributed by atoms with E-state index in [0.717, 1.165) is 54.6 Å². The highest BCUT2D eigenvalue weighted by atomic mass is 16.2. The first kappa shape index (κ1) is 17.9. The van der Waals surface area contributed by atoms with Gasteiger partial charge in [-0.25, -0.2) is 0 Å². The third-order valence-corrected chi connectivity index (χ3v) is 7.53. The van der Waals surface area contributed by atoms with E-state index >= 15 is 0 Å². The van der Waals surface area contributed by atoms with Gasteiger partial charge in [-0.1, -0.05) is 25.5 Å². The van der Waals surface area contributed by atoms with Crippen molar-refractivity contribution >= 4 is 23.4 Å². The van der Waals surface area contributed by atoms with Gasteiger partial charge in [-0.15, -0.1) is 0 Å². The molecule has 6 nitrogen and oxygen atoms in total. The van der Waals surface area contributed by atoms with Crippen molar-refractivity contribution in [1.29, 1.82) is 0 Å². The molecular weight excluding hydrogens is 354 g/mol. The molecule has 2 unspecified atom stereocenters. The second kappa shape index (κ2) is 5.89. The molecule has 3 fully saturated rings. The average Bonchev–Trinajstić information content (AvgIpc) is 3.37. The van der Waals surface area contributed by atoms with Crippen molar-refractivity contribution in [3.63, 3.8) is 0 Å². The lowest BCUT2D eigenvalue weighted by atomic mass is 9.75. The van der Waals surface area contributed by atoms with Gasteiger partial charge in [0.15, 0.2) is 0 Å². The molecule has 1 spiro atoms. The number of fused-ring (bicyclic) bond motifs is 7. The minimum absolute atomic E-state index is 0.0219. The Morgan fingerprint density at radius 1 is 1.18 bits per heavy atom. The summed E-state index contributed by atoms with van der Waals surface area (Å²) in [6.07, 6.45) is 3.56. The van der Waals surface area contributed by atoms with E-state index in [1.54, 1.807) is 0 Å². The number of likely N-dealkylation sites (tertiary alicyclic amines) is 1. The molecule has 3 saturated heterocycles. The smallest absolute Gasteiger partial charge is 0.250 e. The number of hydrogen-bond acceptors (Lipinski definition) is 4. The van der Waals surface area contributed by atoms with E-state index in [4.69, 9.17) is 0 Å². The minimum Gasteiger partial charge on any atom is -0.324 e. The highest BCUT2D eigenvalue weighted by molar-refractivity contribution is 6.15. The minimum atomic E-state index is -1.03. The SMILES string of the molecule is CCCCN1C(=O)[C@@H]2C3CCCN3C3(C(=O)Nc4c3ccc(C)c4C)[C@@H]2C1=O. The standard InChI is InChI=1S/C22H27N3O3/c1-4-5-10-24-19(26)16-15-7-6-11-25(15)22(17(16)20(24)27)14-9-8-12(2)13(3)18(14)23-21(22)28/h8-9,15-17H,4-7,10-11H2,1-3H3,(H,23,28)/t15?,16-,17+,22?/m1/s1. The van der Waals surface area contributed by atoms with Crippen molar-refractivity contribution in [2.24, 2.45) is 11.8 Å². The van der Waals surface area contributed by atoms with Crippen LogP contribution in [-0.4, -0.2) is 46.7 Å². The largest absolute Gasteiger partial charge is 0.324 e. The topological polar surface area (TPSA) is 69.7 Å². The zero-order valence-electron chi connectivity index (χ0n) is 16.7.